The van der Waals surface area contributed by atoms with E-state index >= 15 is 0 Å². The number of carbonyl (C=O) groups excluding carboxylic acids is 3. The minimum atomic E-state index is -0.427. The van der Waals surface area contributed by atoms with Crippen LogP contribution in [0.2, 0.25) is 0 Å². The molecule has 0 radical (unpaired) electrons. The van der Waals surface area contributed by atoms with Crippen molar-refractivity contribution in [3.05, 3.63) is 59.7 Å². The number of carbonyl (C=O) groups is 3. The van der Waals surface area contributed by atoms with Crippen LogP contribution in [0.4, 0.5) is 11.4 Å². The number of rotatable bonds is 6. The highest BCUT2D eigenvalue weighted by Gasteiger charge is 2.06. The van der Waals surface area contributed by atoms with Crippen LogP contribution in [0, 0.1) is 0 Å². The van der Waals surface area contributed by atoms with Gasteiger partial charge in [-0.1, -0.05) is 0 Å². The second-order valence-electron chi connectivity index (χ2n) is 5.10. The molecule has 124 valence electrons. The van der Waals surface area contributed by atoms with Crippen LogP contribution in [0.3, 0.4) is 0 Å². The van der Waals surface area contributed by atoms with Crippen LogP contribution in [0.15, 0.2) is 48.5 Å². The van der Waals surface area contributed by atoms with Crippen LogP contribution in [-0.2, 0) is 9.53 Å². The van der Waals surface area contributed by atoms with Gasteiger partial charge < -0.3 is 15.4 Å². The maximum atomic E-state index is 11.9. The highest BCUT2D eigenvalue weighted by molar-refractivity contribution is 5.96. The second-order valence-corrected chi connectivity index (χ2v) is 5.10. The fourth-order valence-electron chi connectivity index (χ4n) is 2.02. The van der Waals surface area contributed by atoms with E-state index in [1.165, 1.54) is 14.0 Å². The smallest absolute Gasteiger partial charge is 0.337 e. The van der Waals surface area contributed by atoms with E-state index in [4.69, 9.17) is 0 Å². The first-order chi connectivity index (χ1) is 11.5. The molecule has 0 aromatic heterocycles. The highest BCUT2D eigenvalue weighted by atomic mass is 16.5. The monoisotopic (exact) mass is 326 g/mol. The molecule has 6 heteroatoms. The molecular weight excluding hydrogens is 308 g/mol. The van der Waals surface area contributed by atoms with Gasteiger partial charge in [0.25, 0.3) is 0 Å². The van der Waals surface area contributed by atoms with Crippen molar-refractivity contribution in [1.82, 2.24) is 0 Å². The number of ketones is 1. The normalized spacial score (nSPS) is 9.92. The summed E-state index contributed by atoms with van der Waals surface area (Å²) in [5.41, 5.74) is 2.37. The summed E-state index contributed by atoms with van der Waals surface area (Å²) in [5.74, 6) is -0.658. The van der Waals surface area contributed by atoms with Crippen molar-refractivity contribution < 1.29 is 19.1 Å². The Labute approximate surface area is 139 Å². The van der Waals surface area contributed by atoms with Gasteiger partial charge in [-0.2, -0.15) is 0 Å². The molecule has 0 spiro atoms. The van der Waals surface area contributed by atoms with E-state index in [0.717, 1.165) is 5.69 Å². The SMILES string of the molecule is COC(=O)c1ccc(NC(=O)CNc2ccc(C(C)=O)cc2)cc1. The zero-order valence-electron chi connectivity index (χ0n) is 13.5. The maximum Gasteiger partial charge on any atom is 0.337 e. The average molecular weight is 326 g/mol. The molecule has 24 heavy (non-hydrogen) atoms. The standard InChI is InChI=1S/C18H18N2O4/c1-12(21)13-3-7-15(8-4-13)19-11-17(22)20-16-9-5-14(6-10-16)18(23)24-2/h3-10,19H,11H2,1-2H3,(H,20,22). The predicted octanol–water partition coefficient (Wildman–Crippen LogP) is 2.73. The van der Waals surface area contributed by atoms with Crippen LogP contribution in [-0.4, -0.2) is 31.3 Å². The summed E-state index contributed by atoms with van der Waals surface area (Å²) in [7, 11) is 1.31. The fraction of sp³-hybridized carbons (Fsp3) is 0.167. The summed E-state index contributed by atoms with van der Waals surface area (Å²) in [6, 6.07) is 13.3. The van der Waals surface area contributed by atoms with Gasteiger partial charge in [-0.05, 0) is 55.5 Å². The van der Waals surface area contributed by atoms with Crippen molar-refractivity contribution in [2.45, 2.75) is 6.92 Å². The molecule has 2 aromatic carbocycles. The number of benzene rings is 2. The maximum absolute atomic E-state index is 11.9. The minimum Gasteiger partial charge on any atom is -0.465 e. The van der Waals surface area contributed by atoms with Gasteiger partial charge in [-0.25, -0.2) is 4.79 Å². The third-order valence-corrected chi connectivity index (χ3v) is 3.33. The van der Waals surface area contributed by atoms with Gasteiger partial charge in [0.05, 0.1) is 19.2 Å². The summed E-state index contributed by atoms with van der Waals surface area (Å²) in [4.78, 5) is 34.4. The molecular formula is C18H18N2O4. The second kappa shape index (κ2) is 7.92. The number of amides is 1. The van der Waals surface area contributed by atoms with Gasteiger partial charge in [-0.3, -0.25) is 9.59 Å². The van der Waals surface area contributed by atoms with Crippen LogP contribution < -0.4 is 10.6 Å². The number of methoxy groups -OCH3 is 1. The van der Waals surface area contributed by atoms with Gasteiger partial charge in [0.15, 0.2) is 5.78 Å². The largest absolute Gasteiger partial charge is 0.465 e. The number of nitrogens with one attached hydrogen (secondary N) is 2. The Morgan fingerprint density at radius 1 is 0.875 bits per heavy atom. The van der Waals surface area contributed by atoms with Crippen molar-refractivity contribution in [2.24, 2.45) is 0 Å². The van der Waals surface area contributed by atoms with Gasteiger partial charge in [0.1, 0.15) is 0 Å². The molecule has 0 saturated heterocycles. The zero-order chi connectivity index (χ0) is 17.5. The van der Waals surface area contributed by atoms with Gasteiger partial charge in [0.2, 0.25) is 5.91 Å². The molecule has 0 bridgehead atoms. The first-order valence-corrected chi connectivity index (χ1v) is 7.32. The number of Topliss-reactive ketones (excluding diaryl/α,β-unsaturated/α-hetero) is 1. The summed E-state index contributed by atoms with van der Waals surface area (Å²) < 4.78 is 4.61. The van der Waals surface area contributed by atoms with Gasteiger partial charge >= 0.3 is 5.97 Å². The Bertz CT molecular complexity index is 737. The molecule has 0 saturated carbocycles. The fourth-order valence-corrected chi connectivity index (χ4v) is 2.02. The lowest BCUT2D eigenvalue weighted by atomic mass is 10.1. The van der Waals surface area contributed by atoms with Gasteiger partial charge in [-0.15, -0.1) is 0 Å². The van der Waals surface area contributed by atoms with Crippen molar-refractivity contribution in [2.75, 3.05) is 24.3 Å². The molecule has 0 heterocycles. The average Bonchev–Trinajstić information content (AvgIpc) is 2.60. The highest BCUT2D eigenvalue weighted by Crippen LogP contribution is 2.12. The van der Waals surface area contributed by atoms with E-state index < -0.39 is 5.97 Å². The number of anilines is 2. The summed E-state index contributed by atoms with van der Waals surface area (Å²) in [5, 5.41) is 5.69. The minimum absolute atomic E-state index is 0.00491. The molecule has 0 fully saturated rings. The van der Waals surface area contributed by atoms with Crippen LogP contribution >= 0.6 is 0 Å². The van der Waals surface area contributed by atoms with Crippen LogP contribution in [0.25, 0.3) is 0 Å². The molecule has 2 rings (SSSR count). The topological polar surface area (TPSA) is 84.5 Å². The third kappa shape index (κ3) is 4.67. The van der Waals surface area contributed by atoms with E-state index in [1.807, 2.05) is 0 Å². The Hall–Kier alpha value is -3.15. The first kappa shape index (κ1) is 17.2. The molecule has 0 aliphatic rings. The molecule has 0 aliphatic carbocycles. The molecule has 2 N–H and O–H groups in total. The number of hydrogen-bond donors (Lipinski definition) is 2. The van der Waals surface area contributed by atoms with E-state index in [1.54, 1.807) is 48.5 Å². The van der Waals surface area contributed by atoms with Crippen LogP contribution in [0.1, 0.15) is 27.6 Å². The summed E-state index contributed by atoms with van der Waals surface area (Å²) >= 11 is 0. The van der Waals surface area contributed by atoms with Crippen molar-refractivity contribution in [3.63, 3.8) is 0 Å². The molecule has 2 aromatic rings. The quantitative estimate of drug-likeness (QED) is 0.630. The molecule has 6 nitrogen and oxygen atoms in total. The molecule has 1 amide bonds. The van der Waals surface area contributed by atoms with Crippen molar-refractivity contribution in [3.8, 4) is 0 Å². The van der Waals surface area contributed by atoms with Crippen LogP contribution in [0.5, 0.6) is 0 Å². The van der Waals surface area contributed by atoms with E-state index in [2.05, 4.69) is 15.4 Å². The molecule has 0 atom stereocenters. The van der Waals surface area contributed by atoms with Crippen molar-refractivity contribution in [1.29, 1.82) is 0 Å². The lowest BCUT2D eigenvalue weighted by Gasteiger charge is -2.08. The predicted molar refractivity (Wildman–Crippen MR) is 91.3 cm³/mol. The summed E-state index contributed by atoms with van der Waals surface area (Å²) in [6.07, 6.45) is 0. The summed E-state index contributed by atoms with van der Waals surface area (Å²) in [6.45, 7) is 1.58. The third-order valence-electron chi connectivity index (χ3n) is 3.33. The lowest BCUT2D eigenvalue weighted by Crippen LogP contribution is -2.21. The van der Waals surface area contributed by atoms with E-state index in [0.29, 0.717) is 16.8 Å². The Morgan fingerprint density at radius 3 is 1.96 bits per heavy atom. The van der Waals surface area contributed by atoms with Crippen molar-refractivity contribution >= 4 is 29.0 Å². The van der Waals surface area contributed by atoms with E-state index in [-0.39, 0.29) is 18.2 Å². The molecule has 0 aliphatic heterocycles. The van der Waals surface area contributed by atoms with Gasteiger partial charge in [0, 0.05) is 16.9 Å². The number of hydrogen-bond acceptors (Lipinski definition) is 5. The lowest BCUT2D eigenvalue weighted by molar-refractivity contribution is -0.114. The Kier molecular flexibility index (Phi) is 5.68. The number of esters is 1. The Morgan fingerprint density at radius 2 is 1.42 bits per heavy atom. The molecule has 0 unspecified atom stereocenters. The first-order valence-electron chi connectivity index (χ1n) is 7.32. The Balaban J connectivity index is 1.86. The number of ether oxygens (including phenoxy) is 1. The zero-order valence-corrected chi connectivity index (χ0v) is 13.5. The van der Waals surface area contributed by atoms with E-state index in [9.17, 15) is 14.4 Å².